The fraction of sp³-hybridized carbons (Fsp3) is 0.500. The molecule has 2 N–H and O–H groups in total. The number of carbonyl (C=O) groups excluding carboxylic acids is 2. The molecule has 0 saturated heterocycles. The maximum Gasteiger partial charge on any atom is 0.309 e. The van der Waals surface area contributed by atoms with Crippen LogP contribution in [0.3, 0.4) is 0 Å². The van der Waals surface area contributed by atoms with E-state index in [1.54, 1.807) is 6.92 Å². The van der Waals surface area contributed by atoms with Crippen molar-refractivity contribution >= 4 is 11.8 Å². The number of amides is 2. The van der Waals surface area contributed by atoms with Crippen LogP contribution >= 0.6 is 0 Å². The highest BCUT2D eigenvalue weighted by molar-refractivity contribution is 6.35. The third-order valence-electron chi connectivity index (χ3n) is 2.85. The van der Waals surface area contributed by atoms with Crippen molar-refractivity contribution in [3.05, 3.63) is 23.8 Å². The zero-order valence-electron chi connectivity index (χ0n) is 13.4. The van der Waals surface area contributed by atoms with Gasteiger partial charge < -0.3 is 20.1 Å². The maximum absolute atomic E-state index is 11.5. The summed E-state index contributed by atoms with van der Waals surface area (Å²) in [7, 11) is 0. The zero-order valence-corrected chi connectivity index (χ0v) is 13.4. The van der Waals surface area contributed by atoms with Crippen LogP contribution in [-0.2, 0) is 16.0 Å². The quantitative estimate of drug-likeness (QED) is 0.709. The van der Waals surface area contributed by atoms with E-state index in [-0.39, 0.29) is 0 Å². The largest absolute Gasteiger partial charge is 0.490 e. The minimum Gasteiger partial charge on any atom is -0.490 e. The van der Waals surface area contributed by atoms with E-state index in [2.05, 4.69) is 10.6 Å². The van der Waals surface area contributed by atoms with Crippen molar-refractivity contribution in [1.29, 1.82) is 0 Å². The maximum atomic E-state index is 11.5. The van der Waals surface area contributed by atoms with Gasteiger partial charge in [-0.1, -0.05) is 6.07 Å². The number of hydrogen-bond donors (Lipinski definition) is 2. The van der Waals surface area contributed by atoms with Crippen LogP contribution < -0.4 is 20.1 Å². The predicted octanol–water partition coefficient (Wildman–Crippen LogP) is 1.28. The summed E-state index contributed by atoms with van der Waals surface area (Å²) < 4.78 is 11.0. The smallest absolute Gasteiger partial charge is 0.309 e. The SMILES string of the molecule is CCNC(=O)C(=O)NCCc1ccc(OCC)c(OCC)c1. The molecule has 0 aliphatic heterocycles. The molecule has 22 heavy (non-hydrogen) atoms. The predicted molar refractivity (Wildman–Crippen MR) is 84.2 cm³/mol. The first-order valence-corrected chi connectivity index (χ1v) is 7.56. The van der Waals surface area contributed by atoms with Gasteiger partial charge in [0.2, 0.25) is 0 Å². The summed E-state index contributed by atoms with van der Waals surface area (Å²) >= 11 is 0. The minimum absolute atomic E-state index is 0.384. The second-order valence-corrected chi connectivity index (χ2v) is 4.51. The Hall–Kier alpha value is -2.24. The van der Waals surface area contributed by atoms with Crippen molar-refractivity contribution in [2.24, 2.45) is 0 Å². The van der Waals surface area contributed by atoms with E-state index in [4.69, 9.17) is 9.47 Å². The summed E-state index contributed by atoms with van der Waals surface area (Å²) in [6.07, 6.45) is 0.609. The molecule has 0 heterocycles. The van der Waals surface area contributed by atoms with Crippen LogP contribution in [0.1, 0.15) is 26.3 Å². The lowest BCUT2D eigenvalue weighted by Crippen LogP contribution is -2.40. The molecule has 0 saturated carbocycles. The van der Waals surface area contributed by atoms with Crippen molar-refractivity contribution in [3.63, 3.8) is 0 Å². The van der Waals surface area contributed by atoms with Crippen LogP contribution in [0, 0.1) is 0 Å². The average Bonchev–Trinajstić information content (AvgIpc) is 2.50. The molecule has 0 atom stereocenters. The molecule has 0 aliphatic carbocycles. The van der Waals surface area contributed by atoms with Crippen molar-refractivity contribution in [1.82, 2.24) is 10.6 Å². The van der Waals surface area contributed by atoms with Gasteiger partial charge in [-0.3, -0.25) is 9.59 Å². The van der Waals surface area contributed by atoms with E-state index in [0.717, 1.165) is 5.56 Å². The van der Waals surface area contributed by atoms with Gasteiger partial charge in [0.25, 0.3) is 0 Å². The monoisotopic (exact) mass is 308 g/mol. The minimum atomic E-state index is -0.613. The lowest BCUT2D eigenvalue weighted by Gasteiger charge is -2.12. The van der Waals surface area contributed by atoms with E-state index < -0.39 is 11.8 Å². The number of hydrogen-bond acceptors (Lipinski definition) is 4. The zero-order chi connectivity index (χ0) is 16.4. The first kappa shape index (κ1) is 17.8. The summed E-state index contributed by atoms with van der Waals surface area (Å²) in [5.74, 6) is 0.179. The fourth-order valence-electron chi connectivity index (χ4n) is 1.89. The molecule has 0 unspecified atom stereocenters. The summed E-state index contributed by atoms with van der Waals surface area (Å²) in [5.41, 5.74) is 1.00. The summed E-state index contributed by atoms with van der Waals surface area (Å²) in [6.45, 7) is 7.54. The second-order valence-electron chi connectivity index (χ2n) is 4.51. The molecule has 6 nitrogen and oxygen atoms in total. The Morgan fingerprint density at radius 1 is 0.955 bits per heavy atom. The standard InChI is InChI=1S/C16H24N2O4/c1-4-17-15(19)16(20)18-10-9-12-7-8-13(21-5-2)14(11-12)22-6-3/h7-8,11H,4-6,9-10H2,1-3H3,(H,17,19)(H,18,20). The van der Waals surface area contributed by atoms with E-state index >= 15 is 0 Å². The topological polar surface area (TPSA) is 76.7 Å². The van der Waals surface area contributed by atoms with Crippen molar-refractivity contribution < 1.29 is 19.1 Å². The number of carbonyl (C=O) groups is 2. The average molecular weight is 308 g/mol. The van der Waals surface area contributed by atoms with Gasteiger partial charge in [0.1, 0.15) is 0 Å². The molecule has 1 aromatic rings. The van der Waals surface area contributed by atoms with Crippen molar-refractivity contribution in [2.45, 2.75) is 27.2 Å². The number of ether oxygens (including phenoxy) is 2. The molecule has 0 bridgehead atoms. The van der Waals surface area contributed by atoms with Crippen LogP contribution in [0.4, 0.5) is 0 Å². The fourth-order valence-corrected chi connectivity index (χ4v) is 1.89. The molecule has 1 aromatic carbocycles. The third-order valence-corrected chi connectivity index (χ3v) is 2.85. The molecule has 0 aromatic heterocycles. The van der Waals surface area contributed by atoms with Gasteiger partial charge in [0, 0.05) is 13.1 Å². The third kappa shape index (κ3) is 5.63. The molecular formula is C16H24N2O4. The van der Waals surface area contributed by atoms with Gasteiger partial charge in [-0.25, -0.2) is 0 Å². The lowest BCUT2D eigenvalue weighted by molar-refractivity contribution is -0.139. The van der Waals surface area contributed by atoms with Gasteiger partial charge in [-0.05, 0) is 44.9 Å². The van der Waals surface area contributed by atoms with E-state index in [1.807, 2.05) is 32.0 Å². The Bertz CT molecular complexity index is 503. The molecule has 0 radical (unpaired) electrons. The molecule has 0 aliphatic rings. The Morgan fingerprint density at radius 3 is 2.23 bits per heavy atom. The molecule has 0 fully saturated rings. The summed E-state index contributed by atoms with van der Waals surface area (Å²) in [6, 6.07) is 5.67. The number of rotatable bonds is 8. The van der Waals surface area contributed by atoms with E-state index in [1.165, 1.54) is 0 Å². The highest BCUT2D eigenvalue weighted by Crippen LogP contribution is 2.28. The Balaban J connectivity index is 2.57. The van der Waals surface area contributed by atoms with Crippen LogP contribution in [-0.4, -0.2) is 38.1 Å². The van der Waals surface area contributed by atoms with Gasteiger partial charge in [0.05, 0.1) is 13.2 Å². The van der Waals surface area contributed by atoms with Crippen LogP contribution in [0.2, 0.25) is 0 Å². The Labute approximate surface area is 131 Å². The van der Waals surface area contributed by atoms with Crippen LogP contribution in [0.15, 0.2) is 18.2 Å². The number of benzene rings is 1. The normalized spacial score (nSPS) is 9.95. The molecule has 1 rings (SSSR count). The highest BCUT2D eigenvalue weighted by Gasteiger charge is 2.11. The molecule has 6 heteroatoms. The van der Waals surface area contributed by atoms with E-state index in [9.17, 15) is 9.59 Å². The number of nitrogens with one attached hydrogen (secondary N) is 2. The lowest BCUT2D eigenvalue weighted by atomic mass is 10.1. The summed E-state index contributed by atoms with van der Waals surface area (Å²) in [5, 5.41) is 5.04. The molecule has 0 spiro atoms. The molecule has 2 amide bonds. The first-order valence-electron chi connectivity index (χ1n) is 7.56. The summed E-state index contributed by atoms with van der Waals surface area (Å²) in [4.78, 5) is 22.7. The van der Waals surface area contributed by atoms with Gasteiger partial charge in [-0.2, -0.15) is 0 Å². The first-order chi connectivity index (χ1) is 10.6. The van der Waals surface area contributed by atoms with E-state index in [0.29, 0.717) is 44.2 Å². The highest BCUT2D eigenvalue weighted by atomic mass is 16.5. The van der Waals surface area contributed by atoms with Gasteiger partial charge in [-0.15, -0.1) is 0 Å². The number of likely N-dealkylation sites (N-methyl/N-ethyl adjacent to an activating group) is 1. The van der Waals surface area contributed by atoms with Gasteiger partial charge in [0.15, 0.2) is 11.5 Å². The van der Waals surface area contributed by atoms with Crippen molar-refractivity contribution in [2.75, 3.05) is 26.3 Å². The Morgan fingerprint density at radius 2 is 1.59 bits per heavy atom. The molecular weight excluding hydrogens is 284 g/mol. The Kier molecular flexibility index (Phi) is 7.81. The second kappa shape index (κ2) is 9.65. The van der Waals surface area contributed by atoms with Gasteiger partial charge >= 0.3 is 11.8 Å². The van der Waals surface area contributed by atoms with Crippen LogP contribution in [0.25, 0.3) is 0 Å². The molecule has 122 valence electrons. The van der Waals surface area contributed by atoms with Crippen LogP contribution in [0.5, 0.6) is 11.5 Å². The van der Waals surface area contributed by atoms with Crippen molar-refractivity contribution in [3.8, 4) is 11.5 Å².